The van der Waals surface area contributed by atoms with E-state index in [1.807, 2.05) is 47.9 Å². The Morgan fingerprint density at radius 2 is 1.86 bits per heavy atom. The largest absolute Gasteiger partial charge is 0.678 e. The number of halogens is 2. The summed E-state index contributed by atoms with van der Waals surface area (Å²) in [5, 5.41) is 31.4. The minimum Gasteiger partial charge on any atom is -0.484 e. The maximum absolute atomic E-state index is 13.9. The molecule has 19 heteroatoms. The molecule has 15 nitrogen and oxygen atoms in total. The molecule has 4 atom stereocenters. The first-order valence-electron chi connectivity index (χ1n) is 18.1. The van der Waals surface area contributed by atoms with Gasteiger partial charge >= 0.3 is 7.40 Å². The average Bonchev–Trinajstić information content (AvgIpc) is 4.06. The summed E-state index contributed by atoms with van der Waals surface area (Å²) in [6.45, 7) is 2.73. The summed E-state index contributed by atoms with van der Waals surface area (Å²) in [5.74, 6) is 0.132. The van der Waals surface area contributed by atoms with E-state index >= 15 is 0 Å². The molecule has 0 aliphatic carbocycles. The summed E-state index contributed by atoms with van der Waals surface area (Å²) in [6, 6.07) is 14.2. The van der Waals surface area contributed by atoms with Gasteiger partial charge in [0.1, 0.15) is 24.3 Å². The summed E-state index contributed by atoms with van der Waals surface area (Å²) >= 11 is 1.41. The van der Waals surface area contributed by atoms with Crippen molar-refractivity contribution in [1.29, 1.82) is 0 Å². The topological polar surface area (TPSA) is 190 Å². The molecule has 2 amide bonds. The molecular weight excluding hydrogens is 759 g/mol. The fourth-order valence-electron chi connectivity index (χ4n) is 6.27. The second-order valence-electron chi connectivity index (χ2n) is 12.9. The summed E-state index contributed by atoms with van der Waals surface area (Å²) in [6.07, 6.45) is 7.06. The van der Waals surface area contributed by atoms with Crippen LogP contribution < -0.4 is 20.7 Å². The van der Waals surface area contributed by atoms with Crippen molar-refractivity contribution in [2.75, 3.05) is 31.6 Å². The highest BCUT2D eigenvalue weighted by Gasteiger charge is 2.47. The number of nitrogens with zero attached hydrogens (tertiary/aromatic N) is 6. The van der Waals surface area contributed by atoms with E-state index in [1.165, 1.54) is 28.6 Å². The Hall–Kier alpha value is -6.02. The van der Waals surface area contributed by atoms with Gasteiger partial charge in [-0.3, -0.25) is 22.8 Å². The second-order valence-corrected chi connectivity index (χ2v) is 13.8. The number of allylic oxidation sites excluding steroid dienone is 3. The minimum atomic E-state index is -2.69. The molecule has 1 aromatic carbocycles. The van der Waals surface area contributed by atoms with Gasteiger partial charge in [-0.2, -0.15) is 0 Å². The first kappa shape index (κ1) is 39.2. The zero-order valence-corrected chi connectivity index (χ0v) is 31.4. The van der Waals surface area contributed by atoms with Gasteiger partial charge in [0.05, 0.1) is 23.4 Å². The summed E-state index contributed by atoms with van der Waals surface area (Å²) < 4.78 is 41.7. The number of fused-ring (bicyclic) bond motifs is 1. The molecule has 0 unspecified atom stereocenters. The third-order valence-electron chi connectivity index (χ3n) is 9.04. The maximum atomic E-state index is 13.9. The first-order chi connectivity index (χ1) is 27.7. The van der Waals surface area contributed by atoms with Gasteiger partial charge in [0.2, 0.25) is 0 Å². The number of hydrogen-bond donors (Lipinski definition) is 5. The fraction of sp³-hybridized carbons (Fsp3) is 0.263. The second kappa shape index (κ2) is 17.8. The normalized spacial score (nSPS) is 19.7. The Morgan fingerprint density at radius 3 is 2.63 bits per heavy atom. The number of anilines is 1. The lowest BCUT2D eigenvalue weighted by Crippen LogP contribution is -2.42. The average molecular weight is 798 g/mol. The fourth-order valence-corrected chi connectivity index (χ4v) is 7.02. The Bertz CT molecular complexity index is 2330. The number of aliphatic hydroxyl groups excluding tert-OH is 2. The van der Waals surface area contributed by atoms with Gasteiger partial charge in [-0.15, -0.1) is 11.3 Å². The Balaban J connectivity index is 0.839. The molecule has 4 aromatic heterocycles. The Labute approximate surface area is 329 Å². The van der Waals surface area contributed by atoms with Crippen LogP contribution in [0.2, 0.25) is 0 Å². The highest BCUT2D eigenvalue weighted by atomic mass is 32.1. The number of aliphatic hydroxyl groups is 2. The van der Waals surface area contributed by atoms with Crippen LogP contribution in [0.1, 0.15) is 30.8 Å². The van der Waals surface area contributed by atoms with Crippen molar-refractivity contribution in [3.8, 4) is 16.3 Å². The van der Waals surface area contributed by atoms with Crippen molar-refractivity contribution in [2.45, 2.75) is 37.9 Å². The molecule has 294 valence electrons. The molecule has 2 aliphatic heterocycles. The molecule has 5 aromatic rings. The van der Waals surface area contributed by atoms with Gasteiger partial charge in [-0.1, -0.05) is 24.3 Å². The molecule has 6 heterocycles. The quantitative estimate of drug-likeness (QED) is 0.0723. The lowest BCUT2D eigenvalue weighted by atomic mass is 10.1. The predicted octanol–water partition coefficient (Wildman–Crippen LogP) is 3.95. The molecule has 7 rings (SSSR count). The van der Waals surface area contributed by atoms with E-state index in [0.717, 1.165) is 14.9 Å². The molecule has 0 radical (unpaired) electrons. The number of aliphatic imine (C=N–C) groups is 1. The van der Waals surface area contributed by atoms with Crippen molar-refractivity contribution in [3.05, 3.63) is 102 Å². The van der Waals surface area contributed by atoms with Crippen LogP contribution >= 0.6 is 11.3 Å². The van der Waals surface area contributed by atoms with E-state index in [-0.39, 0.29) is 12.5 Å². The van der Waals surface area contributed by atoms with Crippen LogP contribution in [0.4, 0.5) is 14.4 Å². The van der Waals surface area contributed by atoms with Gasteiger partial charge in [0, 0.05) is 30.2 Å². The van der Waals surface area contributed by atoms with Gasteiger partial charge in [-0.25, -0.2) is 19.9 Å². The summed E-state index contributed by atoms with van der Waals surface area (Å²) in [4.78, 5) is 42.9. The third-order valence-corrected chi connectivity index (χ3v) is 9.94. The molecule has 0 saturated carbocycles. The summed E-state index contributed by atoms with van der Waals surface area (Å²) in [5.41, 5.74) is 3.68. The van der Waals surface area contributed by atoms with Crippen LogP contribution in [-0.4, -0.2) is 104 Å². The number of aromatic nitrogens is 5. The minimum absolute atomic E-state index is 0.169. The van der Waals surface area contributed by atoms with Gasteiger partial charge in [0.15, 0.2) is 35.9 Å². The molecule has 0 spiro atoms. The van der Waals surface area contributed by atoms with Gasteiger partial charge in [0.25, 0.3) is 11.8 Å². The number of hydrogen-bond acceptors (Lipinski definition) is 12. The molecular formula is C38H38BF2N9O6S. The molecule has 1 saturated heterocycles. The van der Waals surface area contributed by atoms with Crippen LogP contribution in [0.3, 0.4) is 0 Å². The highest BCUT2D eigenvalue weighted by molar-refractivity contribution is 7.13. The third kappa shape index (κ3) is 9.02. The molecule has 57 heavy (non-hydrogen) atoms. The van der Waals surface area contributed by atoms with E-state index < -0.39 is 37.8 Å². The van der Waals surface area contributed by atoms with Crippen LogP contribution in [0.5, 0.6) is 5.75 Å². The van der Waals surface area contributed by atoms with Crippen molar-refractivity contribution in [1.82, 2.24) is 34.6 Å². The predicted molar refractivity (Wildman–Crippen MR) is 213 cm³/mol. The maximum Gasteiger partial charge on any atom is 0.678 e. The van der Waals surface area contributed by atoms with Crippen molar-refractivity contribution in [3.63, 3.8) is 0 Å². The van der Waals surface area contributed by atoms with Crippen molar-refractivity contribution in [2.24, 2.45) is 4.99 Å². The SMILES string of the molecule is CCNC(=O)[C@H]1O[C@@H](n2cnc3c(NCCCNC(=O)COc4ccc(/C=C/C5=NC(=C\c6ccc(-c7cccs7)n6B(F)F)/C=C5)cc4)ncnc32)[C@H](O)[C@@H]1O. The number of imidazole rings is 1. The number of thiophene rings is 1. The highest BCUT2D eigenvalue weighted by Crippen LogP contribution is 2.33. The number of carbonyl (C=O) groups is 2. The smallest absolute Gasteiger partial charge is 0.484 e. The lowest BCUT2D eigenvalue weighted by Gasteiger charge is -2.16. The Morgan fingerprint density at radius 1 is 1.02 bits per heavy atom. The first-order valence-corrected chi connectivity index (χ1v) is 19.0. The number of carbonyl (C=O) groups excluding carboxylic acids is 2. The van der Waals surface area contributed by atoms with E-state index in [0.29, 0.717) is 71.6 Å². The van der Waals surface area contributed by atoms with Crippen LogP contribution in [0.15, 0.2) is 95.5 Å². The number of rotatable bonds is 16. The van der Waals surface area contributed by atoms with Crippen molar-refractivity contribution >= 4 is 65.4 Å². The zero-order chi connectivity index (χ0) is 39.9. The van der Waals surface area contributed by atoms with Crippen LogP contribution in [0, 0.1) is 0 Å². The molecule has 1 fully saturated rings. The number of ether oxygens (including phenoxy) is 2. The number of nitrogens with one attached hydrogen (secondary N) is 3. The number of benzene rings is 1. The van der Waals surface area contributed by atoms with Crippen LogP contribution in [0.25, 0.3) is 33.9 Å². The Kier molecular flexibility index (Phi) is 12.3. The van der Waals surface area contributed by atoms with E-state index in [1.54, 1.807) is 43.3 Å². The van der Waals surface area contributed by atoms with E-state index in [2.05, 4.69) is 35.9 Å². The standard InChI is InChI=1S/C38H38BF2N9O6S/c1-2-42-37(54)34-32(52)33(53)38(56-34)49-22-47-31-35(45-21-46-36(31)49)44-17-4-16-43-30(51)20-55-27-13-7-23(8-14-27)6-9-24-10-11-25(48-24)19-26-12-15-28(50(26)39(40)41)29-5-3-18-57-29/h3,5-15,18-19,21-22,32-34,38,52-53H,2,4,16-17,20H2,1H3,(H,42,54)(H,43,51)(H,44,45,46)/b9-6+,25-19-/t32-,33+,34-,38+/m0/s1. The molecule has 0 bridgehead atoms. The van der Waals surface area contributed by atoms with Gasteiger partial charge in [-0.05, 0) is 78.9 Å². The monoisotopic (exact) mass is 797 g/mol. The number of likely N-dealkylation sites (N-methyl/N-ethyl adjacent to an activating group) is 1. The number of amides is 2. The molecule has 5 N–H and O–H groups in total. The van der Waals surface area contributed by atoms with E-state index in [9.17, 15) is 28.4 Å². The van der Waals surface area contributed by atoms with E-state index in [4.69, 9.17) is 9.47 Å². The van der Waals surface area contributed by atoms with Crippen molar-refractivity contribution < 1.29 is 37.9 Å². The van der Waals surface area contributed by atoms with Crippen LogP contribution in [-0.2, 0) is 14.3 Å². The summed E-state index contributed by atoms with van der Waals surface area (Å²) in [7, 11) is -2.69. The lowest BCUT2D eigenvalue weighted by molar-refractivity contribution is -0.137. The van der Waals surface area contributed by atoms with Gasteiger partial charge < -0.3 is 40.1 Å². The zero-order valence-electron chi connectivity index (χ0n) is 30.5. The molecule has 2 aliphatic rings.